The van der Waals surface area contributed by atoms with E-state index in [0.29, 0.717) is 12.3 Å². The van der Waals surface area contributed by atoms with Crippen molar-refractivity contribution in [1.82, 2.24) is 0 Å². The molecule has 1 amide bonds. The van der Waals surface area contributed by atoms with Crippen LogP contribution in [0, 0.1) is 17.8 Å². The fraction of sp³-hybridized carbons (Fsp3) is 0.321. The molecule has 0 heterocycles. The van der Waals surface area contributed by atoms with Gasteiger partial charge in [-0.1, -0.05) is 48.9 Å². The van der Waals surface area contributed by atoms with Gasteiger partial charge in [0.05, 0.1) is 0 Å². The molecule has 3 unspecified atom stereocenters. The highest BCUT2D eigenvalue weighted by atomic mass is 16.3. The molecule has 32 heavy (non-hydrogen) atoms. The summed E-state index contributed by atoms with van der Waals surface area (Å²) in [6.07, 6.45) is 5.72. The predicted octanol–water partition coefficient (Wildman–Crippen LogP) is 6.04. The first kappa shape index (κ1) is 20.6. The van der Waals surface area contributed by atoms with Crippen LogP contribution in [0.25, 0.3) is 0 Å². The van der Waals surface area contributed by atoms with Crippen LogP contribution in [0.3, 0.4) is 0 Å². The van der Waals surface area contributed by atoms with E-state index < -0.39 is 0 Å². The number of phenols is 2. The third-order valence-corrected chi connectivity index (χ3v) is 7.33. The Labute approximate surface area is 188 Å². The summed E-state index contributed by atoms with van der Waals surface area (Å²) in [5.41, 5.74) is 3.81. The molecule has 3 aromatic carbocycles. The number of amides is 1. The van der Waals surface area contributed by atoms with E-state index in [9.17, 15) is 15.0 Å². The van der Waals surface area contributed by atoms with Crippen LogP contribution in [-0.2, 0) is 4.79 Å². The first-order valence-corrected chi connectivity index (χ1v) is 11.5. The molecule has 164 valence electrons. The summed E-state index contributed by atoms with van der Waals surface area (Å²) in [5, 5.41) is 22.8. The van der Waals surface area contributed by atoms with E-state index in [1.807, 2.05) is 48.5 Å². The zero-order chi connectivity index (χ0) is 22.1. The van der Waals surface area contributed by atoms with Crippen molar-refractivity contribution in [3.8, 4) is 11.5 Å². The molecule has 2 fully saturated rings. The number of anilines is 1. The molecule has 3 N–H and O–H groups in total. The molecular weight excluding hydrogens is 398 g/mol. The van der Waals surface area contributed by atoms with E-state index in [2.05, 4.69) is 5.32 Å². The third-order valence-electron chi connectivity index (χ3n) is 7.33. The van der Waals surface area contributed by atoms with Crippen LogP contribution in [0.5, 0.6) is 11.5 Å². The van der Waals surface area contributed by atoms with Gasteiger partial charge in [0.25, 0.3) is 0 Å². The number of fused-ring (bicyclic) bond motifs is 2. The molecule has 0 aromatic heterocycles. The minimum absolute atomic E-state index is 0.0881. The lowest BCUT2D eigenvalue weighted by Gasteiger charge is -2.24. The molecule has 2 aliphatic rings. The fourth-order valence-corrected chi connectivity index (χ4v) is 5.81. The standard InChI is InChI=1S/C28H29NO3/c30-23-11-7-19(8-12-23)28(20-9-13-24(31)14-10-20)25-3-1-2-4-26(25)29-27(32)17-22-16-18-5-6-21(22)15-18/h1-4,7-14,18,21-22,28,30-31H,5-6,15-17H2,(H,29,32). The minimum Gasteiger partial charge on any atom is -0.508 e. The highest BCUT2D eigenvalue weighted by molar-refractivity contribution is 5.92. The van der Waals surface area contributed by atoms with Crippen LogP contribution < -0.4 is 5.32 Å². The number of nitrogens with one attached hydrogen (secondary N) is 1. The second-order valence-electron chi connectivity index (χ2n) is 9.39. The molecular formula is C28H29NO3. The van der Waals surface area contributed by atoms with Gasteiger partial charge in [-0.15, -0.1) is 0 Å². The van der Waals surface area contributed by atoms with E-state index in [0.717, 1.165) is 34.2 Å². The molecule has 3 aromatic rings. The topological polar surface area (TPSA) is 69.6 Å². The Bertz CT molecular complexity index is 1040. The van der Waals surface area contributed by atoms with Gasteiger partial charge in [-0.3, -0.25) is 4.79 Å². The summed E-state index contributed by atoms with van der Waals surface area (Å²) in [6.45, 7) is 0. The fourth-order valence-electron chi connectivity index (χ4n) is 5.81. The molecule has 2 saturated carbocycles. The van der Waals surface area contributed by atoms with Gasteiger partial charge in [0.1, 0.15) is 11.5 Å². The molecule has 4 nitrogen and oxygen atoms in total. The van der Waals surface area contributed by atoms with Gasteiger partial charge in [-0.05, 0) is 84.0 Å². The Morgan fingerprint density at radius 2 is 1.47 bits per heavy atom. The van der Waals surface area contributed by atoms with Crippen molar-refractivity contribution in [3.05, 3.63) is 89.5 Å². The minimum atomic E-state index is -0.143. The van der Waals surface area contributed by atoms with Gasteiger partial charge in [0.15, 0.2) is 0 Å². The van der Waals surface area contributed by atoms with Gasteiger partial charge in [0, 0.05) is 18.0 Å². The molecule has 0 aliphatic heterocycles. The van der Waals surface area contributed by atoms with Crippen LogP contribution in [0.15, 0.2) is 72.8 Å². The van der Waals surface area contributed by atoms with Crippen molar-refractivity contribution in [1.29, 1.82) is 0 Å². The van der Waals surface area contributed by atoms with Gasteiger partial charge < -0.3 is 15.5 Å². The van der Waals surface area contributed by atoms with Crippen LogP contribution in [0.4, 0.5) is 5.69 Å². The summed E-state index contributed by atoms with van der Waals surface area (Å²) in [7, 11) is 0. The third kappa shape index (κ3) is 4.22. The molecule has 4 heteroatoms. The summed E-state index contributed by atoms with van der Waals surface area (Å²) >= 11 is 0. The van der Waals surface area contributed by atoms with Crippen molar-refractivity contribution in [2.24, 2.45) is 17.8 Å². The number of aromatic hydroxyl groups is 2. The number of hydrogen-bond donors (Lipinski definition) is 3. The number of phenolic OH excluding ortho intramolecular Hbond substituents is 2. The SMILES string of the molecule is O=C(CC1CC2CCC1C2)Nc1ccccc1C(c1ccc(O)cc1)c1ccc(O)cc1. The number of benzene rings is 3. The number of rotatable bonds is 6. The second kappa shape index (κ2) is 8.70. The van der Waals surface area contributed by atoms with Crippen molar-refractivity contribution in [2.75, 3.05) is 5.32 Å². The lowest BCUT2D eigenvalue weighted by Crippen LogP contribution is -2.21. The van der Waals surface area contributed by atoms with Crippen molar-refractivity contribution in [3.63, 3.8) is 0 Å². The van der Waals surface area contributed by atoms with Gasteiger partial charge in [0.2, 0.25) is 5.91 Å². The van der Waals surface area contributed by atoms with Gasteiger partial charge in [-0.2, -0.15) is 0 Å². The van der Waals surface area contributed by atoms with Crippen LogP contribution >= 0.6 is 0 Å². The maximum Gasteiger partial charge on any atom is 0.224 e. The number of carbonyl (C=O) groups excluding carboxylic acids is 1. The number of carbonyl (C=O) groups is 1. The number of para-hydroxylation sites is 1. The quantitative estimate of drug-likeness (QED) is 0.420. The zero-order valence-electron chi connectivity index (χ0n) is 18.1. The maximum absolute atomic E-state index is 13.0. The second-order valence-corrected chi connectivity index (χ2v) is 9.39. The van der Waals surface area contributed by atoms with Crippen molar-refractivity contribution in [2.45, 2.75) is 38.0 Å². The highest BCUT2D eigenvalue weighted by Gasteiger charge is 2.40. The lowest BCUT2D eigenvalue weighted by atomic mass is 9.84. The average molecular weight is 428 g/mol. The van der Waals surface area contributed by atoms with E-state index in [-0.39, 0.29) is 23.3 Å². The summed E-state index contributed by atoms with van der Waals surface area (Å²) in [6, 6.07) is 22.3. The highest BCUT2D eigenvalue weighted by Crippen LogP contribution is 2.49. The Kier molecular flexibility index (Phi) is 5.60. The predicted molar refractivity (Wildman–Crippen MR) is 126 cm³/mol. The first-order chi connectivity index (χ1) is 15.6. The van der Waals surface area contributed by atoms with E-state index >= 15 is 0 Å². The van der Waals surface area contributed by atoms with Crippen LogP contribution in [-0.4, -0.2) is 16.1 Å². The summed E-state index contributed by atoms with van der Waals surface area (Å²) < 4.78 is 0. The van der Waals surface area contributed by atoms with Crippen LogP contribution in [0.2, 0.25) is 0 Å². The van der Waals surface area contributed by atoms with Crippen molar-refractivity contribution >= 4 is 11.6 Å². The largest absolute Gasteiger partial charge is 0.508 e. The molecule has 0 radical (unpaired) electrons. The molecule has 2 aliphatic carbocycles. The molecule has 3 atom stereocenters. The first-order valence-electron chi connectivity index (χ1n) is 11.5. The van der Waals surface area contributed by atoms with E-state index in [1.54, 1.807) is 24.3 Å². The average Bonchev–Trinajstić information content (AvgIpc) is 3.41. The molecule has 5 rings (SSSR count). The van der Waals surface area contributed by atoms with E-state index in [4.69, 9.17) is 0 Å². The molecule has 2 bridgehead atoms. The van der Waals surface area contributed by atoms with Gasteiger partial charge >= 0.3 is 0 Å². The molecule has 0 spiro atoms. The Morgan fingerprint density at radius 1 is 0.844 bits per heavy atom. The Morgan fingerprint density at radius 3 is 2.03 bits per heavy atom. The Balaban J connectivity index is 1.45. The normalized spacial score (nSPS) is 21.7. The van der Waals surface area contributed by atoms with Crippen molar-refractivity contribution < 1.29 is 15.0 Å². The monoisotopic (exact) mass is 427 g/mol. The van der Waals surface area contributed by atoms with Crippen LogP contribution in [0.1, 0.15) is 54.7 Å². The lowest BCUT2D eigenvalue weighted by molar-refractivity contribution is -0.117. The zero-order valence-corrected chi connectivity index (χ0v) is 18.1. The Hall–Kier alpha value is -3.27. The summed E-state index contributed by atoms with van der Waals surface area (Å²) in [5.74, 6) is 2.45. The smallest absolute Gasteiger partial charge is 0.224 e. The van der Waals surface area contributed by atoms with E-state index in [1.165, 1.54) is 25.7 Å². The maximum atomic E-state index is 13.0. The molecule has 0 saturated heterocycles. The summed E-state index contributed by atoms with van der Waals surface area (Å²) in [4.78, 5) is 13.0. The number of hydrogen-bond acceptors (Lipinski definition) is 3. The van der Waals surface area contributed by atoms with Gasteiger partial charge in [-0.25, -0.2) is 0 Å².